The van der Waals surface area contributed by atoms with Crippen LogP contribution in [0.25, 0.3) is 10.9 Å². The van der Waals surface area contributed by atoms with Gasteiger partial charge in [-0.05, 0) is 11.6 Å². The van der Waals surface area contributed by atoms with Crippen molar-refractivity contribution in [3.8, 4) is 11.6 Å². The van der Waals surface area contributed by atoms with Gasteiger partial charge in [-0.2, -0.15) is 18.2 Å². The Morgan fingerprint density at radius 3 is 2.40 bits per heavy atom. The van der Waals surface area contributed by atoms with Crippen LogP contribution in [0.4, 0.5) is 13.2 Å². The summed E-state index contributed by atoms with van der Waals surface area (Å²) in [5.74, 6) is 0.540. The second-order valence-electron chi connectivity index (χ2n) is 8.21. The third-order valence-electron chi connectivity index (χ3n) is 5.93. The van der Waals surface area contributed by atoms with Gasteiger partial charge in [0.05, 0.1) is 24.6 Å². The van der Waals surface area contributed by atoms with Crippen molar-refractivity contribution in [1.29, 1.82) is 0 Å². The van der Waals surface area contributed by atoms with Crippen molar-refractivity contribution in [2.45, 2.75) is 37.8 Å². The Bertz CT molecular complexity index is 1140. The lowest BCUT2D eigenvalue weighted by atomic mass is 9.84. The van der Waals surface area contributed by atoms with Crippen LogP contribution in [0.5, 0.6) is 11.6 Å². The molecule has 0 atom stereocenters. The van der Waals surface area contributed by atoms with Gasteiger partial charge in [0.25, 0.3) is 0 Å². The average Bonchev–Trinajstić information content (AvgIpc) is 2.87. The van der Waals surface area contributed by atoms with E-state index in [0.29, 0.717) is 54.9 Å². The van der Waals surface area contributed by atoms with Gasteiger partial charge in [0.2, 0.25) is 5.88 Å². The first-order chi connectivity index (χ1) is 16.8. The second kappa shape index (κ2) is 10.8. The molecular formula is C25H27F3N2O5. The number of hydrogen-bond acceptors (Lipinski definition) is 7. The summed E-state index contributed by atoms with van der Waals surface area (Å²) in [5, 5.41) is 0.333. The molecule has 2 heterocycles. The maximum absolute atomic E-state index is 13.0. The Balaban J connectivity index is 1.72. The summed E-state index contributed by atoms with van der Waals surface area (Å²) in [6, 6.07) is 12.9. The zero-order valence-electron chi connectivity index (χ0n) is 19.6. The molecule has 0 bridgehead atoms. The predicted molar refractivity (Wildman–Crippen MR) is 121 cm³/mol. The molecule has 2 aromatic carbocycles. The molecular weight excluding hydrogens is 465 g/mol. The van der Waals surface area contributed by atoms with Crippen molar-refractivity contribution in [2.24, 2.45) is 0 Å². The van der Waals surface area contributed by atoms with E-state index in [1.54, 1.807) is 19.2 Å². The Kier molecular flexibility index (Phi) is 7.73. The summed E-state index contributed by atoms with van der Waals surface area (Å²) >= 11 is 0. The molecule has 35 heavy (non-hydrogen) atoms. The molecule has 0 unspecified atom stereocenters. The van der Waals surface area contributed by atoms with Crippen LogP contribution in [0.1, 0.15) is 29.8 Å². The molecule has 7 nitrogen and oxygen atoms in total. The Labute approximate surface area is 201 Å². The van der Waals surface area contributed by atoms with E-state index in [4.69, 9.17) is 23.7 Å². The summed E-state index contributed by atoms with van der Waals surface area (Å²) in [5.41, 5.74) is 1.31. The average molecular weight is 492 g/mol. The Hall–Kier alpha value is -2.95. The molecule has 1 aliphatic heterocycles. The number of halogens is 3. The van der Waals surface area contributed by atoms with Crippen LogP contribution in [0.15, 0.2) is 42.5 Å². The number of aromatic nitrogens is 2. The minimum absolute atomic E-state index is 0.00335. The highest BCUT2D eigenvalue weighted by atomic mass is 19.4. The van der Waals surface area contributed by atoms with Crippen molar-refractivity contribution >= 4 is 10.9 Å². The van der Waals surface area contributed by atoms with Crippen molar-refractivity contribution < 1.29 is 36.9 Å². The molecule has 10 heteroatoms. The normalized spacial score (nSPS) is 15.8. The van der Waals surface area contributed by atoms with Crippen LogP contribution < -0.4 is 9.47 Å². The van der Waals surface area contributed by atoms with Crippen LogP contribution >= 0.6 is 0 Å². The van der Waals surface area contributed by atoms with Crippen molar-refractivity contribution in [1.82, 2.24) is 9.97 Å². The molecule has 1 aromatic heterocycles. The first-order valence-electron chi connectivity index (χ1n) is 11.2. The smallest absolute Gasteiger partial charge is 0.422 e. The zero-order chi connectivity index (χ0) is 24.9. The molecule has 0 saturated carbocycles. The first kappa shape index (κ1) is 25.2. The number of methoxy groups -OCH3 is 2. The zero-order valence-corrected chi connectivity index (χ0v) is 19.6. The number of nitrogens with zero attached hydrogens (tertiary/aromatic N) is 2. The molecule has 0 radical (unpaired) electrons. The minimum atomic E-state index is -4.52. The largest absolute Gasteiger partial charge is 0.496 e. The summed E-state index contributed by atoms with van der Waals surface area (Å²) in [6.07, 6.45) is -3.39. The fourth-order valence-electron chi connectivity index (χ4n) is 4.14. The Morgan fingerprint density at radius 2 is 1.74 bits per heavy atom. The number of fused-ring (bicyclic) bond motifs is 1. The van der Waals surface area contributed by atoms with Crippen LogP contribution in [0.3, 0.4) is 0 Å². The van der Waals surface area contributed by atoms with Gasteiger partial charge < -0.3 is 23.7 Å². The summed E-state index contributed by atoms with van der Waals surface area (Å²) < 4.78 is 66.8. The van der Waals surface area contributed by atoms with Gasteiger partial charge in [-0.3, -0.25) is 0 Å². The SMILES string of the molecule is COc1cc2nc(COCc3ccccc3)nc(OCC(F)(F)F)c2cc1C1(OC)CCOCC1. The number of benzene rings is 2. The summed E-state index contributed by atoms with van der Waals surface area (Å²) in [6.45, 7) is -0.201. The Morgan fingerprint density at radius 1 is 1.00 bits per heavy atom. The number of hydrogen-bond donors (Lipinski definition) is 0. The maximum atomic E-state index is 13.0. The highest BCUT2D eigenvalue weighted by molar-refractivity contribution is 5.86. The molecule has 0 N–H and O–H groups in total. The fourth-order valence-corrected chi connectivity index (χ4v) is 4.14. The van der Waals surface area contributed by atoms with E-state index in [1.165, 1.54) is 7.11 Å². The predicted octanol–water partition coefficient (Wildman–Crippen LogP) is 4.95. The van der Waals surface area contributed by atoms with Gasteiger partial charge in [-0.25, -0.2) is 4.98 Å². The minimum Gasteiger partial charge on any atom is -0.496 e. The van der Waals surface area contributed by atoms with Gasteiger partial charge in [0.1, 0.15) is 18.0 Å². The molecule has 0 aliphatic carbocycles. The standard InChI is InChI=1S/C25H27F3N2O5/c1-31-21-13-20-18(12-19(21)24(32-2)8-10-33-11-9-24)23(35-16-25(26,27)28)30-22(29-20)15-34-14-17-6-4-3-5-7-17/h3-7,12-13H,8-11,14-16H2,1-2H3. The molecule has 3 aromatic rings. The lowest BCUT2D eigenvalue weighted by Crippen LogP contribution is -2.36. The summed E-state index contributed by atoms with van der Waals surface area (Å²) in [7, 11) is 3.12. The van der Waals surface area contributed by atoms with Crippen LogP contribution in [0, 0.1) is 0 Å². The van der Waals surface area contributed by atoms with E-state index in [9.17, 15) is 13.2 Å². The van der Waals surface area contributed by atoms with E-state index in [1.807, 2.05) is 30.3 Å². The topological polar surface area (TPSA) is 71.9 Å². The molecule has 4 rings (SSSR count). The van der Waals surface area contributed by atoms with Gasteiger partial charge in [0, 0.05) is 44.8 Å². The third kappa shape index (κ3) is 6.01. The highest BCUT2D eigenvalue weighted by Crippen LogP contribution is 2.43. The van der Waals surface area contributed by atoms with E-state index in [2.05, 4.69) is 9.97 Å². The molecule has 1 aliphatic rings. The van der Waals surface area contributed by atoms with Crippen molar-refractivity contribution in [3.63, 3.8) is 0 Å². The van der Waals surface area contributed by atoms with Crippen LogP contribution in [-0.4, -0.2) is 50.2 Å². The van der Waals surface area contributed by atoms with Crippen molar-refractivity contribution in [3.05, 3.63) is 59.4 Å². The number of rotatable bonds is 9. The molecule has 188 valence electrons. The van der Waals surface area contributed by atoms with Gasteiger partial charge in [0.15, 0.2) is 12.4 Å². The van der Waals surface area contributed by atoms with E-state index in [0.717, 1.165) is 5.56 Å². The molecule has 1 fully saturated rings. The lowest BCUT2D eigenvalue weighted by molar-refractivity contribution is -0.153. The van der Waals surface area contributed by atoms with Gasteiger partial charge in [-0.1, -0.05) is 30.3 Å². The monoisotopic (exact) mass is 492 g/mol. The number of alkyl halides is 3. The fraction of sp³-hybridized carbons (Fsp3) is 0.440. The van der Waals surface area contributed by atoms with Gasteiger partial charge in [-0.15, -0.1) is 0 Å². The summed E-state index contributed by atoms with van der Waals surface area (Å²) in [4.78, 5) is 8.77. The lowest BCUT2D eigenvalue weighted by Gasteiger charge is -2.37. The number of ether oxygens (including phenoxy) is 5. The second-order valence-corrected chi connectivity index (χ2v) is 8.21. The van der Waals surface area contributed by atoms with E-state index >= 15 is 0 Å². The first-order valence-corrected chi connectivity index (χ1v) is 11.2. The van der Waals surface area contributed by atoms with Crippen LogP contribution in [-0.2, 0) is 33.0 Å². The van der Waals surface area contributed by atoms with E-state index < -0.39 is 18.4 Å². The molecule has 0 spiro atoms. The van der Waals surface area contributed by atoms with E-state index in [-0.39, 0.29) is 18.3 Å². The quantitative estimate of drug-likeness (QED) is 0.419. The van der Waals surface area contributed by atoms with Crippen molar-refractivity contribution in [2.75, 3.05) is 34.0 Å². The third-order valence-corrected chi connectivity index (χ3v) is 5.93. The van der Waals surface area contributed by atoms with Crippen LogP contribution in [0.2, 0.25) is 0 Å². The maximum Gasteiger partial charge on any atom is 0.422 e. The molecule has 0 amide bonds. The van der Waals surface area contributed by atoms with Gasteiger partial charge >= 0.3 is 6.18 Å². The molecule has 1 saturated heterocycles. The highest BCUT2D eigenvalue weighted by Gasteiger charge is 2.38.